The van der Waals surface area contributed by atoms with E-state index in [4.69, 9.17) is 4.74 Å². The summed E-state index contributed by atoms with van der Waals surface area (Å²) in [6.45, 7) is 3.06. The van der Waals surface area contributed by atoms with Crippen LogP contribution >= 0.6 is 0 Å². The second-order valence-electron chi connectivity index (χ2n) is 7.01. The molecule has 1 aliphatic rings. The van der Waals surface area contributed by atoms with Crippen molar-refractivity contribution in [2.75, 3.05) is 13.2 Å². The molecule has 0 spiro atoms. The molecule has 1 aliphatic heterocycles. The molecule has 2 aromatic rings. The van der Waals surface area contributed by atoms with Gasteiger partial charge in [-0.1, -0.05) is 18.2 Å². The number of rotatable bonds is 7. The summed E-state index contributed by atoms with van der Waals surface area (Å²) in [5.74, 6) is 0.0609. The van der Waals surface area contributed by atoms with Crippen LogP contribution in [0.25, 0.3) is 0 Å². The van der Waals surface area contributed by atoms with Crippen molar-refractivity contribution in [3.8, 4) is 5.75 Å². The predicted octanol–water partition coefficient (Wildman–Crippen LogP) is 2.11. The van der Waals surface area contributed by atoms with Crippen molar-refractivity contribution in [3.05, 3.63) is 69.8 Å². The number of carbonyl (C=O) groups is 2. The van der Waals surface area contributed by atoms with Crippen molar-refractivity contribution >= 4 is 17.6 Å². The highest BCUT2D eigenvalue weighted by molar-refractivity contribution is 6.07. The number of nitrogens with zero attached hydrogens (tertiary/aromatic N) is 2. The van der Waals surface area contributed by atoms with E-state index in [-0.39, 0.29) is 18.8 Å². The number of β-amino-alcohol motifs (C(OH)–C–C–N with tert-alkyl or cyclic N) is 1. The number of aryl methyl sites for hydroxylation is 1. The molecule has 0 radical (unpaired) electrons. The molecule has 0 unspecified atom stereocenters. The molecule has 0 bridgehead atoms. The number of imide groups is 1. The second kappa shape index (κ2) is 7.88. The molecule has 2 aromatic carbocycles. The molecule has 0 aliphatic carbocycles. The molecular formula is C20H21N3O6. The van der Waals surface area contributed by atoms with Crippen LogP contribution in [-0.2, 0) is 10.3 Å². The van der Waals surface area contributed by atoms with Crippen molar-refractivity contribution in [1.29, 1.82) is 0 Å². The zero-order valence-corrected chi connectivity index (χ0v) is 16.0. The third kappa shape index (κ3) is 4.04. The highest BCUT2D eigenvalue weighted by atomic mass is 16.6. The maximum absolute atomic E-state index is 12.9. The quantitative estimate of drug-likeness (QED) is 0.418. The summed E-state index contributed by atoms with van der Waals surface area (Å²) < 4.78 is 5.57. The summed E-state index contributed by atoms with van der Waals surface area (Å²) in [5, 5.41) is 23.7. The number of nitro groups is 1. The van der Waals surface area contributed by atoms with Crippen LogP contribution in [-0.4, -0.2) is 46.1 Å². The number of ether oxygens (including phenoxy) is 1. The average Bonchev–Trinajstić information content (AvgIpc) is 2.91. The lowest BCUT2D eigenvalue weighted by molar-refractivity contribution is -0.384. The van der Waals surface area contributed by atoms with Gasteiger partial charge in [-0.15, -0.1) is 0 Å². The number of nitro benzene ring substituents is 1. The molecule has 9 heteroatoms. The first kappa shape index (κ1) is 20.3. The number of benzene rings is 2. The number of nitrogens with one attached hydrogen (secondary N) is 1. The maximum Gasteiger partial charge on any atom is 0.325 e. The molecular weight excluding hydrogens is 378 g/mol. The monoisotopic (exact) mass is 399 g/mol. The summed E-state index contributed by atoms with van der Waals surface area (Å²) in [5.41, 5.74) is -0.173. The molecule has 3 rings (SSSR count). The number of aliphatic hydroxyl groups excluding tert-OH is 1. The zero-order valence-electron chi connectivity index (χ0n) is 16.0. The molecule has 2 N–H and O–H groups in total. The Hall–Kier alpha value is -3.46. The van der Waals surface area contributed by atoms with Crippen LogP contribution in [0.5, 0.6) is 5.75 Å². The predicted molar refractivity (Wildman–Crippen MR) is 103 cm³/mol. The van der Waals surface area contributed by atoms with Gasteiger partial charge in [0.25, 0.3) is 11.6 Å². The third-order valence-electron chi connectivity index (χ3n) is 4.85. The van der Waals surface area contributed by atoms with Crippen molar-refractivity contribution in [3.63, 3.8) is 0 Å². The van der Waals surface area contributed by atoms with Crippen molar-refractivity contribution in [1.82, 2.24) is 10.2 Å². The van der Waals surface area contributed by atoms with Gasteiger partial charge in [0.2, 0.25) is 0 Å². The molecule has 1 fully saturated rings. The Labute approximate surface area is 167 Å². The standard InChI is InChI=1S/C20H21N3O6/c1-13-5-3-4-6-17(13)29-12-16(24)11-22-18(25)20(2,21-19(22)26)14-7-9-15(10-8-14)23(27)28/h3-10,16,24H,11-12H2,1-2H3,(H,21,26)/t16-,20+/m1/s1. The fraction of sp³-hybridized carbons (Fsp3) is 0.300. The lowest BCUT2D eigenvalue weighted by Crippen LogP contribution is -2.42. The summed E-state index contributed by atoms with van der Waals surface area (Å²) >= 11 is 0. The van der Waals surface area contributed by atoms with Gasteiger partial charge >= 0.3 is 6.03 Å². The Morgan fingerprint density at radius 1 is 1.21 bits per heavy atom. The summed E-state index contributed by atoms with van der Waals surface area (Å²) in [4.78, 5) is 36.4. The normalized spacial score (nSPS) is 19.8. The Kier molecular flexibility index (Phi) is 5.51. The Balaban J connectivity index is 1.68. The van der Waals surface area contributed by atoms with E-state index in [0.29, 0.717) is 11.3 Å². The molecule has 0 saturated carbocycles. The van der Waals surface area contributed by atoms with Crippen LogP contribution in [0.2, 0.25) is 0 Å². The fourth-order valence-corrected chi connectivity index (χ4v) is 3.14. The van der Waals surface area contributed by atoms with Crippen LogP contribution in [0.1, 0.15) is 18.1 Å². The van der Waals surface area contributed by atoms with Gasteiger partial charge < -0.3 is 15.2 Å². The molecule has 3 amide bonds. The topological polar surface area (TPSA) is 122 Å². The van der Waals surface area contributed by atoms with Gasteiger partial charge in [0, 0.05) is 12.1 Å². The van der Waals surface area contributed by atoms with E-state index < -0.39 is 28.5 Å². The number of urea groups is 1. The van der Waals surface area contributed by atoms with Gasteiger partial charge in [-0.05, 0) is 43.2 Å². The fourth-order valence-electron chi connectivity index (χ4n) is 3.14. The van der Waals surface area contributed by atoms with Gasteiger partial charge in [-0.25, -0.2) is 4.79 Å². The minimum atomic E-state index is -1.37. The van der Waals surface area contributed by atoms with Crippen molar-refractivity contribution in [2.24, 2.45) is 0 Å². The Morgan fingerprint density at radius 3 is 2.48 bits per heavy atom. The molecule has 152 valence electrons. The van der Waals surface area contributed by atoms with E-state index in [2.05, 4.69) is 5.32 Å². The van der Waals surface area contributed by atoms with Gasteiger partial charge in [-0.3, -0.25) is 19.8 Å². The van der Waals surface area contributed by atoms with Gasteiger partial charge in [0.1, 0.15) is 24.0 Å². The first-order chi connectivity index (χ1) is 13.7. The zero-order chi connectivity index (χ0) is 21.2. The van der Waals surface area contributed by atoms with E-state index in [1.807, 2.05) is 25.1 Å². The number of para-hydroxylation sites is 1. The van der Waals surface area contributed by atoms with Crippen LogP contribution in [0.3, 0.4) is 0 Å². The highest BCUT2D eigenvalue weighted by Crippen LogP contribution is 2.30. The Bertz CT molecular complexity index is 945. The van der Waals surface area contributed by atoms with Crippen molar-refractivity contribution in [2.45, 2.75) is 25.5 Å². The lowest BCUT2D eigenvalue weighted by Gasteiger charge is -2.23. The van der Waals surface area contributed by atoms with Crippen molar-refractivity contribution < 1.29 is 24.4 Å². The first-order valence-corrected chi connectivity index (χ1v) is 8.98. The molecule has 1 heterocycles. The second-order valence-corrected chi connectivity index (χ2v) is 7.01. The molecule has 2 atom stereocenters. The van der Waals surface area contributed by atoms with Gasteiger partial charge in [0.05, 0.1) is 11.5 Å². The number of aliphatic hydroxyl groups is 1. The smallest absolute Gasteiger partial charge is 0.325 e. The molecule has 0 aromatic heterocycles. The van der Waals surface area contributed by atoms with E-state index in [1.165, 1.54) is 31.2 Å². The number of hydrogen-bond donors (Lipinski definition) is 2. The molecule has 29 heavy (non-hydrogen) atoms. The number of amides is 3. The summed E-state index contributed by atoms with van der Waals surface area (Å²) in [7, 11) is 0. The van der Waals surface area contributed by atoms with E-state index in [9.17, 15) is 24.8 Å². The van der Waals surface area contributed by atoms with Crippen LogP contribution in [0, 0.1) is 17.0 Å². The van der Waals surface area contributed by atoms with E-state index in [1.54, 1.807) is 6.07 Å². The summed E-state index contributed by atoms with van der Waals surface area (Å²) in [6.07, 6.45) is -1.08. The Morgan fingerprint density at radius 2 is 1.86 bits per heavy atom. The van der Waals surface area contributed by atoms with Gasteiger partial charge in [-0.2, -0.15) is 0 Å². The molecule has 1 saturated heterocycles. The van der Waals surface area contributed by atoms with Crippen LogP contribution < -0.4 is 10.1 Å². The minimum absolute atomic E-state index is 0.0871. The van der Waals surface area contributed by atoms with E-state index >= 15 is 0 Å². The summed E-state index contributed by atoms with van der Waals surface area (Å²) in [6, 6.07) is 12.1. The lowest BCUT2D eigenvalue weighted by atomic mass is 9.92. The van der Waals surface area contributed by atoms with Gasteiger partial charge in [0.15, 0.2) is 0 Å². The van der Waals surface area contributed by atoms with E-state index in [0.717, 1.165) is 10.5 Å². The molecule has 9 nitrogen and oxygen atoms in total. The SMILES string of the molecule is Cc1ccccc1OC[C@H](O)CN1C(=O)N[C@@](C)(c2ccc([N+](=O)[O-])cc2)C1=O. The number of carbonyl (C=O) groups excluding carboxylic acids is 2. The average molecular weight is 399 g/mol. The highest BCUT2D eigenvalue weighted by Gasteiger charge is 2.49. The van der Waals surface area contributed by atoms with Crippen LogP contribution in [0.4, 0.5) is 10.5 Å². The third-order valence-corrected chi connectivity index (χ3v) is 4.85. The number of non-ortho nitro benzene ring substituents is 1. The first-order valence-electron chi connectivity index (χ1n) is 8.98. The van der Waals surface area contributed by atoms with Crippen LogP contribution in [0.15, 0.2) is 48.5 Å². The minimum Gasteiger partial charge on any atom is -0.491 e. The number of hydrogen-bond acceptors (Lipinski definition) is 6. The largest absolute Gasteiger partial charge is 0.491 e. The maximum atomic E-state index is 12.9.